The summed E-state index contributed by atoms with van der Waals surface area (Å²) in [6, 6.07) is 12.3. The van der Waals surface area contributed by atoms with E-state index in [1.54, 1.807) is 23.9 Å². The third-order valence-electron chi connectivity index (χ3n) is 2.51. The molecule has 0 radical (unpaired) electrons. The summed E-state index contributed by atoms with van der Waals surface area (Å²) < 4.78 is 0. The largest absolute Gasteiger partial charge is 0.393 e. The molecule has 0 atom stereocenters. The van der Waals surface area contributed by atoms with Crippen molar-refractivity contribution in [2.45, 2.75) is 10.6 Å². The molecule has 0 fully saturated rings. The van der Waals surface area contributed by atoms with Crippen LogP contribution in [0.5, 0.6) is 0 Å². The molecule has 98 valence electrons. The summed E-state index contributed by atoms with van der Waals surface area (Å²) in [5.74, 6) is 0.758. The number of halogens is 1. The second-order valence-electron chi connectivity index (χ2n) is 3.89. The van der Waals surface area contributed by atoms with E-state index in [0.717, 1.165) is 16.2 Å². The van der Waals surface area contributed by atoms with Crippen molar-refractivity contribution in [3.8, 4) is 0 Å². The number of rotatable bonds is 4. The molecule has 0 aliphatic rings. The normalized spacial score (nSPS) is 10.4. The van der Waals surface area contributed by atoms with Gasteiger partial charge in [0.2, 0.25) is 0 Å². The zero-order valence-electron chi connectivity index (χ0n) is 9.88. The van der Waals surface area contributed by atoms with E-state index in [2.05, 4.69) is 0 Å². The van der Waals surface area contributed by atoms with Crippen LogP contribution in [0.1, 0.15) is 5.56 Å². The molecule has 0 saturated carbocycles. The summed E-state index contributed by atoms with van der Waals surface area (Å²) in [6.07, 6.45) is 0. The van der Waals surface area contributed by atoms with Crippen LogP contribution in [0.15, 0.2) is 47.4 Å². The smallest absolute Gasteiger partial charge is 0.292 e. The van der Waals surface area contributed by atoms with Crippen molar-refractivity contribution in [3.05, 3.63) is 63.2 Å². The average molecular weight is 295 g/mol. The molecule has 0 aromatic heterocycles. The van der Waals surface area contributed by atoms with Gasteiger partial charge in [-0.15, -0.1) is 11.8 Å². The molecular formula is C13H11ClN2O2S. The molecule has 2 N–H and O–H groups in total. The number of nitrogen functional groups attached to an aromatic ring is 1. The number of anilines is 1. The molecule has 0 aliphatic carbocycles. The summed E-state index contributed by atoms with van der Waals surface area (Å²) in [4.78, 5) is 11.1. The van der Waals surface area contributed by atoms with E-state index < -0.39 is 4.92 Å². The van der Waals surface area contributed by atoms with Crippen LogP contribution >= 0.6 is 23.4 Å². The second-order valence-corrected chi connectivity index (χ2v) is 5.38. The molecule has 4 nitrogen and oxygen atoms in total. The molecular weight excluding hydrogens is 284 g/mol. The molecule has 0 heterocycles. The quantitative estimate of drug-likeness (QED) is 0.398. The van der Waals surface area contributed by atoms with Crippen molar-refractivity contribution < 1.29 is 4.92 Å². The molecule has 0 aliphatic heterocycles. The maximum Gasteiger partial charge on any atom is 0.292 e. The van der Waals surface area contributed by atoms with Gasteiger partial charge in [0, 0.05) is 21.7 Å². The van der Waals surface area contributed by atoms with Gasteiger partial charge in [0.25, 0.3) is 5.69 Å². The predicted octanol–water partition coefficient (Wildman–Crippen LogP) is 4.12. The van der Waals surface area contributed by atoms with E-state index in [-0.39, 0.29) is 11.4 Å². The first kappa shape index (κ1) is 13.7. The van der Waals surface area contributed by atoms with E-state index in [0.29, 0.717) is 5.02 Å². The van der Waals surface area contributed by atoms with Crippen molar-refractivity contribution in [1.29, 1.82) is 0 Å². The summed E-state index contributed by atoms with van der Waals surface area (Å²) in [5.41, 5.74) is 6.90. The second kappa shape index (κ2) is 5.95. The molecule has 0 spiro atoms. The van der Waals surface area contributed by atoms with Gasteiger partial charge in [0.15, 0.2) is 0 Å². The third-order valence-corrected chi connectivity index (χ3v) is 3.83. The van der Waals surface area contributed by atoms with Crippen LogP contribution in [0.4, 0.5) is 11.4 Å². The Bertz CT molecular complexity index is 602. The fourth-order valence-corrected chi connectivity index (χ4v) is 2.56. The Morgan fingerprint density at radius 1 is 1.21 bits per heavy atom. The van der Waals surface area contributed by atoms with Crippen molar-refractivity contribution in [1.82, 2.24) is 0 Å². The standard InChI is InChI=1S/C13H11ClN2O2S/c14-10-3-1-9(2-4-10)8-19-11-5-6-13(16(17)18)12(15)7-11/h1-7H,8,15H2. The summed E-state index contributed by atoms with van der Waals surface area (Å²) in [7, 11) is 0. The first-order chi connectivity index (χ1) is 9.06. The minimum atomic E-state index is -0.483. The number of hydrogen-bond acceptors (Lipinski definition) is 4. The zero-order chi connectivity index (χ0) is 13.8. The monoisotopic (exact) mass is 294 g/mol. The maximum atomic E-state index is 10.7. The van der Waals surface area contributed by atoms with Crippen LogP contribution < -0.4 is 5.73 Å². The Labute approximate surface area is 119 Å². The Kier molecular flexibility index (Phi) is 4.29. The van der Waals surface area contributed by atoms with E-state index >= 15 is 0 Å². The summed E-state index contributed by atoms with van der Waals surface area (Å²) in [5, 5.41) is 11.4. The fourth-order valence-electron chi connectivity index (χ4n) is 1.54. The van der Waals surface area contributed by atoms with Crippen LogP contribution in [0.3, 0.4) is 0 Å². The van der Waals surface area contributed by atoms with Gasteiger partial charge in [0.1, 0.15) is 5.69 Å². The number of thioether (sulfide) groups is 1. The number of nitro groups is 1. The molecule has 0 saturated heterocycles. The highest BCUT2D eigenvalue weighted by molar-refractivity contribution is 7.98. The molecule has 19 heavy (non-hydrogen) atoms. The van der Waals surface area contributed by atoms with Crippen LogP contribution in [-0.2, 0) is 5.75 Å². The number of nitrogens with two attached hydrogens (primary N) is 1. The van der Waals surface area contributed by atoms with Crippen molar-refractivity contribution >= 4 is 34.7 Å². The Hall–Kier alpha value is -1.72. The highest BCUT2D eigenvalue weighted by Crippen LogP contribution is 2.29. The van der Waals surface area contributed by atoms with Gasteiger partial charge in [-0.05, 0) is 29.8 Å². The lowest BCUT2D eigenvalue weighted by Gasteiger charge is -2.04. The predicted molar refractivity (Wildman–Crippen MR) is 78.5 cm³/mol. The number of nitro benzene ring substituents is 1. The molecule has 0 amide bonds. The maximum absolute atomic E-state index is 10.7. The molecule has 2 aromatic rings. The van der Waals surface area contributed by atoms with Crippen molar-refractivity contribution in [3.63, 3.8) is 0 Å². The first-order valence-electron chi connectivity index (χ1n) is 5.47. The zero-order valence-corrected chi connectivity index (χ0v) is 11.4. The number of hydrogen-bond donors (Lipinski definition) is 1. The summed E-state index contributed by atoms with van der Waals surface area (Å²) in [6.45, 7) is 0. The number of benzene rings is 2. The highest BCUT2D eigenvalue weighted by Gasteiger charge is 2.11. The average Bonchev–Trinajstić information content (AvgIpc) is 2.37. The minimum absolute atomic E-state index is 0.0594. The fraction of sp³-hybridized carbons (Fsp3) is 0.0769. The first-order valence-corrected chi connectivity index (χ1v) is 6.84. The minimum Gasteiger partial charge on any atom is -0.393 e. The van der Waals surface area contributed by atoms with Gasteiger partial charge >= 0.3 is 0 Å². The van der Waals surface area contributed by atoms with Gasteiger partial charge in [-0.25, -0.2) is 0 Å². The van der Waals surface area contributed by atoms with Gasteiger partial charge in [0.05, 0.1) is 4.92 Å². The molecule has 0 unspecified atom stereocenters. The number of nitrogens with zero attached hydrogens (tertiary/aromatic N) is 1. The van der Waals surface area contributed by atoms with Crippen LogP contribution in [0, 0.1) is 10.1 Å². The Balaban J connectivity index is 2.06. The highest BCUT2D eigenvalue weighted by atomic mass is 35.5. The SMILES string of the molecule is Nc1cc(SCc2ccc(Cl)cc2)ccc1[N+](=O)[O-]. The van der Waals surface area contributed by atoms with Crippen molar-refractivity contribution in [2.75, 3.05) is 5.73 Å². The van der Waals surface area contributed by atoms with Crippen LogP contribution in [-0.4, -0.2) is 4.92 Å². The van der Waals surface area contributed by atoms with E-state index in [1.807, 2.05) is 24.3 Å². The van der Waals surface area contributed by atoms with Gasteiger partial charge in [-0.3, -0.25) is 10.1 Å². The molecule has 2 aromatic carbocycles. The van der Waals surface area contributed by atoms with Crippen molar-refractivity contribution in [2.24, 2.45) is 0 Å². The topological polar surface area (TPSA) is 69.2 Å². The Morgan fingerprint density at radius 3 is 2.47 bits per heavy atom. The lowest BCUT2D eigenvalue weighted by molar-refractivity contribution is -0.383. The molecule has 6 heteroatoms. The van der Waals surface area contributed by atoms with Crippen LogP contribution in [0.2, 0.25) is 5.02 Å². The molecule has 2 rings (SSSR count). The van der Waals surface area contributed by atoms with E-state index in [9.17, 15) is 10.1 Å². The molecule has 0 bridgehead atoms. The lowest BCUT2D eigenvalue weighted by atomic mass is 10.2. The van der Waals surface area contributed by atoms with Gasteiger partial charge < -0.3 is 5.73 Å². The lowest BCUT2D eigenvalue weighted by Crippen LogP contribution is -1.95. The Morgan fingerprint density at radius 2 is 1.89 bits per heavy atom. The third kappa shape index (κ3) is 3.62. The van der Waals surface area contributed by atoms with Gasteiger partial charge in [-0.2, -0.15) is 0 Å². The van der Waals surface area contributed by atoms with Crippen LogP contribution in [0.25, 0.3) is 0 Å². The van der Waals surface area contributed by atoms with E-state index in [4.69, 9.17) is 17.3 Å². The summed E-state index contributed by atoms with van der Waals surface area (Å²) >= 11 is 7.38. The van der Waals surface area contributed by atoms with Gasteiger partial charge in [-0.1, -0.05) is 23.7 Å². The van der Waals surface area contributed by atoms with E-state index in [1.165, 1.54) is 6.07 Å².